The zero-order chi connectivity index (χ0) is 24.0. The Labute approximate surface area is 207 Å². The number of rotatable bonds is 7. The van der Waals surface area contributed by atoms with Crippen LogP contribution in [0.4, 0.5) is 27.5 Å². The van der Waals surface area contributed by atoms with E-state index in [0.717, 1.165) is 48.3 Å². The highest BCUT2D eigenvalue weighted by atomic mass is 35.5. The highest BCUT2D eigenvalue weighted by Crippen LogP contribution is 2.35. The third kappa shape index (κ3) is 5.90. The van der Waals surface area contributed by atoms with Gasteiger partial charge >= 0.3 is 0 Å². The van der Waals surface area contributed by atoms with Gasteiger partial charge in [0.1, 0.15) is 6.54 Å². The lowest BCUT2D eigenvalue weighted by molar-refractivity contribution is 0.112. The minimum atomic E-state index is -0.488. The number of anilines is 3. The van der Waals surface area contributed by atoms with Crippen LogP contribution in [-0.4, -0.2) is 47.9 Å². The first-order valence-electron chi connectivity index (χ1n) is 11.5. The van der Waals surface area contributed by atoms with Gasteiger partial charge < -0.3 is 19.7 Å². The van der Waals surface area contributed by atoms with Gasteiger partial charge in [0, 0.05) is 30.4 Å². The Morgan fingerprint density at radius 1 is 1.09 bits per heavy atom. The molecule has 2 fully saturated rings. The van der Waals surface area contributed by atoms with E-state index in [0.29, 0.717) is 31.3 Å². The number of halogens is 2. The topological polar surface area (TPSA) is 97.1 Å². The highest BCUT2D eigenvalue weighted by Gasteiger charge is 2.20. The van der Waals surface area contributed by atoms with Crippen LogP contribution in [0.25, 0.3) is 0 Å². The summed E-state index contributed by atoms with van der Waals surface area (Å²) in [7, 11) is 0. The van der Waals surface area contributed by atoms with Gasteiger partial charge in [0.05, 0.1) is 43.1 Å². The van der Waals surface area contributed by atoms with Gasteiger partial charge in [-0.25, -0.2) is 9.37 Å². The van der Waals surface area contributed by atoms with Crippen LogP contribution in [0.2, 0.25) is 5.02 Å². The highest BCUT2D eigenvalue weighted by molar-refractivity contribution is 6.31. The Morgan fingerprint density at radius 2 is 1.94 bits per heavy atom. The molecule has 1 N–H and O–H groups in total. The number of pyridine rings is 1. The zero-order valence-corrected chi connectivity index (χ0v) is 19.8. The zero-order valence-electron chi connectivity index (χ0n) is 19.0. The third-order valence-corrected chi connectivity index (χ3v) is 6.13. The molecule has 2 aromatic heterocycles. The van der Waals surface area contributed by atoms with E-state index in [1.807, 2.05) is 35.2 Å². The summed E-state index contributed by atoms with van der Waals surface area (Å²) in [6.45, 7) is 3.23. The molecule has 4 heterocycles. The lowest BCUT2D eigenvalue weighted by Crippen LogP contribution is -2.37. The smallest absolute Gasteiger partial charge is 0.270 e. The summed E-state index contributed by atoms with van der Waals surface area (Å²) in [6, 6.07) is 9.65. The van der Waals surface area contributed by atoms with Crippen LogP contribution in [0.1, 0.15) is 30.2 Å². The molecule has 182 valence electrons. The van der Waals surface area contributed by atoms with Crippen molar-refractivity contribution >= 4 is 34.7 Å². The lowest BCUT2D eigenvalue weighted by atomic mass is 10.1. The van der Waals surface area contributed by atoms with Gasteiger partial charge in [-0.1, -0.05) is 17.7 Å². The minimum Gasteiger partial charge on any atom is -0.378 e. The molecule has 1 aromatic carbocycles. The van der Waals surface area contributed by atoms with Gasteiger partial charge in [-0.3, -0.25) is 4.98 Å². The van der Waals surface area contributed by atoms with E-state index >= 15 is 0 Å². The normalized spacial score (nSPS) is 18.3. The van der Waals surface area contributed by atoms with Gasteiger partial charge in [0.2, 0.25) is 0 Å². The Bertz CT molecular complexity index is 1180. The molecule has 3 aromatic rings. The lowest BCUT2D eigenvalue weighted by Gasteiger charge is -2.27. The van der Waals surface area contributed by atoms with E-state index < -0.39 is 5.82 Å². The van der Waals surface area contributed by atoms with Crippen molar-refractivity contribution in [1.29, 1.82) is 0 Å². The quantitative estimate of drug-likeness (QED) is 0.437. The Hall–Kier alpha value is -3.21. The molecule has 11 heteroatoms. The van der Waals surface area contributed by atoms with Crippen molar-refractivity contribution in [3.8, 4) is 0 Å². The van der Waals surface area contributed by atoms with Crippen molar-refractivity contribution in [2.45, 2.75) is 25.5 Å². The second kappa shape index (κ2) is 11.0. The number of nitrogens with zero attached hydrogens (tertiary/aromatic N) is 6. The van der Waals surface area contributed by atoms with Crippen LogP contribution >= 0.6 is 11.6 Å². The molecule has 5 rings (SSSR count). The molecule has 2 aliphatic heterocycles. The number of azo groups is 1. The first-order valence-corrected chi connectivity index (χ1v) is 11.9. The molecule has 0 saturated carbocycles. The average molecular weight is 498 g/mol. The van der Waals surface area contributed by atoms with Crippen molar-refractivity contribution in [2.24, 2.45) is 10.2 Å². The first kappa shape index (κ1) is 23.5. The maximum absolute atomic E-state index is 14.1. The van der Waals surface area contributed by atoms with E-state index in [2.05, 4.69) is 30.5 Å². The fraction of sp³-hybridized carbons (Fsp3) is 0.375. The molecule has 2 aliphatic rings. The van der Waals surface area contributed by atoms with Crippen molar-refractivity contribution in [3.63, 3.8) is 0 Å². The molecule has 0 radical (unpaired) electrons. The Morgan fingerprint density at radius 3 is 2.69 bits per heavy atom. The monoisotopic (exact) mass is 497 g/mol. The molecule has 9 nitrogen and oxygen atoms in total. The fourth-order valence-corrected chi connectivity index (χ4v) is 4.32. The van der Waals surface area contributed by atoms with Crippen molar-refractivity contribution in [1.82, 2.24) is 15.0 Å². The number of hydrogen-bond acceptors (Lipinski definition) is 9. The van der Waals surface area contributed by atoms with Gasteiger partial charge in [-0.2, -0.15) is 10.1 Å². The maximum Gasteiger partial charge on any atom is 0.270 e. The molecule has 0 bridgehead atoms. The van der Waals surface area contributed by atoms with Crippen LogP contribution in [0, 0.1) is 5.82 Å². The summed E-state index contributed by atoms with van der Waals surface area (Å²) >= 11 is 6.47. The maximum atomic E-state index is 14.1. The molecular formula is C24H25ClFN7O2. The molecule has 1 atom stereocenters. The van der Waals surface area contributed by atoms with Crippen molar-refractivity contribution in [3.05, 3.63) is 64.8 Å². The predicted molar refractivity (Wildman–Crippen MR) is 130 cm³/mol. The SMILES string of the molecule is Fc1cnc(N=NCc2ccc(Nc3ccc(C4CCCO4)c(Cl)c3)cn2)nc1N1CCOCC1. The van der Waals surface area contributed by atoms with E-state index in [9.17, 15) is 4.39 Å². The predicted octanol–water partition coefficient (Wildman–Crippen LogP) is 5.38. The molecule has 2 saturated heterocycles. The third-order valence-electron chi connectivity index (χ3n) is 5.81. The number of hydrogen-bond donors (Lipinski definition) is 1. The van der Waals surface area contributed by atoms with Crippen LogP contribution in [0.3, 0.4) is 0 Å². The number of aromatic nitrogens is 3. The molecular weight excluding hydrogens is 473 g/mol. The largest absolute Gasteiger partial charge is 0.378 e. The van der Waals surface area contributed by atoms with E-state index in [1.54, 1.807) is 6.20 Å². The molecule has 0 spiro atoms. The van der Waals surface area contributed by atoms with Crippen LogP contribution in [0.5, 0.6) is 0 Å². The number of ether oxygens (including phenoxy) is 2. The Balaban J connectivity index is 1.18. The summed E-state index contributed by atoms with van der Waals surface area (Å²) in [6.07, 6.45) is 4.97. The summed E-state index contributed by atoms with van der Waals surface area (Å²) in [5.74, 6) is -0.164. The van der Waals surface area contributed by atoms with E-state index in [-0.39, 0.29) is 24.4 Å². The van der Waals surface area contributed by atoms with Gasteiger partial charge in [-0.15, -0.1) is 5.11 Å². The summed E-state index contributed by atoms with van der Waals surface area (Å²) in [5.41, 5.74) is 3.44. The van der Waals surface area contributed by atoms with Crippen LogP contribution < -0.4 is 10.2 Å². The van der Waals surface area contributed by atoms with Gasteiger partial charge in [0.15, 0.2) is 11.6 Å². The minimum absolute atomic E-state index is 0.0814. The fourth-order valence-electron chi connectivity index (χ4n) is 4.01. The van der Waals surface area contributed by atoms with Crippen LogP contribution in [0.15, 0.2) is 53.0 Å². The second-order valence-corrected chi connectivity index (χ2v) is 8.65. The van der Waals surface area contributed by atoms with Crippen molar-refractivity contribution in [2.75, 3.05) is 43.1 Å². The van der Waals surface area contributed by atoms with E-state index in [4.69, 9.17) is 21.1 Å². The summed E-state index contributed by atoms with van der Waals surface area (Å²) < 4.78 is 25.2. The average Bonchev–Trinajstić information content (AvgIpc) is 3.41. The molecule has 35 heavy (non-hydrogen) atoms. The summed E-state index contributed by atoms with van der Waals surface area (Å²) in [4.78, 5) is 14.3. The summed E-state index contributed by atoms with van der Waals surface area (Å²) in [5, 5.41) is 12.1. The van der Waals surface area contributed by atoms with Crippen molar-refractivity contribution < 1.29 is 13.9 Å². The molecule has 0 amide bonds. The second-order valence-electron chi connectivity index (χ2n) is 8.24. The molecule has 1 unspecified atom stereocenters. The standard InChI is InChI=1S/C24H25ClFN7O2/c25-20-12-16(5-6-19(20)22-2-1-9-35-22)30-18-4-3-17(27-13-18)14-29-32-24-28-15-21(26)23(31-24)33-7-10-34-11-8-33/h3-6,12-13,15,22,30H,1-2,7-11,14H2. The van der Waals surface area contributed by atoms with Gasteiger partial charge in [-0.05, 0) is 42.7 Å². The van der Waals surface area contributed by atoms with Gasteiger partial charge in [0.25, 0.3) is 5.95 Å². The van der Waals surface area contributed by atoms with Crippen LogP contribution in [-0.2, 0) is 16.0 Å². The number of nitrogens with one attached hydrogen (secondary N) is 1. The number of morpholine rings is 1. The number of benzene rings is 1. The first-order chi connectivity index (χ1) is 17.2. The molecule has 0 aliphatic carbocycles. The van der Waals surface area contributed by atoms with E-state index in [1.165, 1.54) is 0 Å². The Kier molecular flexibility index (Phi) is 7.41.